The third kappa shape index (κ3) is 3.65. The molecule has 27 heavy (non-hydrogen) atoms. The van der Waals surface area contributed by atoms with Gasteiger partial charge in [-0.1, -0.05) is 48.4 Å². The van der Waals surface area contributed by atoms with Crippen LogP contribution in [0.1, 0.15) is 41.2 Å². The number of aliphatic hydroxyl groups is 1. The number of para-hydroxylation sites is 1. The highest BCUT2D eigenvalue weighted by atomic mass is 35.5. The lowest BCUT2D eigenvalue weighted by molar-refractivity contribution is 0.0324. The quantitative estimate of drug-likeness (QED) is 0.634. The van der Waals surface area contributed by atoms with Crippen molar-refractivity contribution in [2.45, 2.75) is 31.4 Å². The number of H-pyrrole nitrogens is 1. The van der Waals surface area contributed by atoms with Gasteiger partial charge in [-0.25, -0.2) is 0 Å². The maximum absolute atomic E-state index is 13.2. The van der Waals surface area contributed by atoms with Gasteiger partial charge in [0.1, 0.15) is 6.10 Å². The first-order valence-corrected chi connectivity index (χ1v) is 9.81. The number of nitrogens with zero attached hydrogens (tertiary/aromatic N) is 1. The zero-order valence-corrected chi connectivity index (χ0v) is 15.8. The van der Waals surface area contributed by atoms with E-state index in [0.29, 0.717) is 10.6 Å². The van der Waals surface area contributed by atoms with Crippen LogP contribution in [0.3, 0.4) is 0 Å². The molecule has 1 saturated heterocycles. The number of carbonyl (C=O) groups excluding carboxylic acids is 1. The Kier molecular flexibility index (Phi) is 5.30. The summed E-state index contributed by atoms with van der Waals surface area (Å²) >= 11 is 6.04. The minimum atomic E-state index is -1.14. The third-order valence-electron chi connectivity index (χ3n) is 5.42. The number of aromatic amines is 1. The van der Waals surface area contributed by atoms with E-state index in [1.807, 2.05) is 48.5 Å². The summed E-state index contributed by atoms with van der Waals surface area (Å²) in [5.74, 6) is -0.252. The Balaban J connectivity index is 1.69. The van der Waals surface area contributed by atoms with Gasteiger partial charge in [-0.3, -0.25) is 9.69 Å². The second kappa shape index (κ2) is 7.85. The van der Waals surface area contributed by atoms with Crippen molar-refractivity contribution in [3.05, 3.63) is 70.9 Å². The highest BCUT2D eigenvalue weighted by Crippen LogP contribution is 2.31. The van der Waals surface area contributed by atoms with Crippen LogP contribution in [-0.4, -0.2) is 40.0 Å². The first kappa shape index (κ1) is 18.2. The van der Waals surface area contributed by atoms with Crippen LogP contribution in [0.15, 0.2) is 54.7 Å². The Morgan fingerprint density at radius 2 is 1.74 bits per heavy atom. The number of likely N-dealkylation sites (tertiary alicyclic amines) is 1. The molecule has 1 fully saturated rings. The average molecular weight is 383 g/mol. The number of Topliss-reactive ketones (excluding diaryl/α,β-unsaturated/α-hetero) is 1. The number of fused-ring (bicyclic) bond motifs is 1. The number of piperidine rings is 1. The molecule has 0 unspecified atom stereocenters. The molecule has 2 heterocycles. The van der Waals surface area contributed by atoms with E-state index in [9.17, 15) is 9.90 Å². The van der Waals surface area contributed by atoms with Gasteiger partial charge in [-0.15, -0.1) is 0 Å². The fourth-order valence-electron chi connectivity index (χ4n) is 4.03. The molecule has 0 spiro atoms. The number of carbonyl (C=O) groups is 1. The van der Waals surface area contributed by atoms with Crippen LogP contribution in [0.25, 0.3) is 10.9 Å². The molecular weight excluding hydrogens is 360 g/mol. The first-order valence-electron chi connectivity index (χ1n) is 9.43. The summed E-state index contributed by atoms with van der Waals surface area (Å²) in [7, 11) is 0. The van der Waals surface area contributed by atoms with Gasteiger partial charge in [0.15, 0.2) is 5.78 Å². The molecule has 2 aromatic carbocycles. The Bertz CT molecular complexity index is 929. The van der Waals surface area contributed by atoms with Gasteiger partial charge in [0.05, 0.1) is 6.04 Å². The summed E-state index contributed by atoms with van der Waals surface area (Å²) in [6, 6.07) is 14.7. The molecule has 1 aliphatic heterocycles. The highest BCUT2D eigenvalue weighted by Gasteiger charge is 2.34. The number of nitrogens with one attached hydrogen (secondary N) is 1. The van der Waals surface area contributed by atoms with E-state index in [-0.39, 0.29) is 11.8 Å². The van der Waals surface area contributed by atoms with Crippen molar-refractivity contribution in [3.8, 4) is 0 Å². The maximum Gasteiger partial charge on any atom is 0.195 e. The standard InChI is InChI=1S/C22H23ClN2O2/c23-16-10-8-15(9-11-16)20(25-12-4-1-5-13-25)22(27)21(26)18-14-24-19-7-3-2-6-17(18)19/h2-3,6-11,14,20,22,24,27H,1,4-5,12-13H2/t20-,22+/m1/s1. The minimum Gasteiger partial charge on any atom is -0.383 e. The van der Waals surface area contributed by atoms with Crippen LogP contribution >= 0.6 is 11.6 Å². The van der Waals surface area contributed by atoms with Crippen LogP contribution in [-0.2, 0) is 0 Å². The van der Waals surface area contributed by atoms with E-state index >= 15 is 0 Å². The molecule has 1 aliphatic rings. The van der Waals surface area contributed by atoms with Crippen molar-refractivity contribution in [1.82, 2.24) is 9.88 Å². The summed E-state index contributed by atoms with van der Waals surface area (Å²) in [4.78, 5) is 18.6. The number of aromatic nitrogens is 1. The van der Waals surface area contributed by atoms with Gasteiger partial charge in [-0.2, -0.15) is 0 Å². The Labute approximate surface area is 163 Å². The maximum atomic E-state index is 13.2. The summed E-state index contributed by atoms with van der Waals surface area (Å²) < 4.78 is 0. The van der Waals surface area contributed by atoms with E-state index in [0.717, 1.165) is 42.4 Å². The molecule has 5 heteroatoms. The smallest absolute Gasteiger partial charge is 0.195 e. The van der Waals surface area contributed by atoms with Gasteiger partial charge < -0.3 is 10.1 Å². The second-order valence-electron chi connectivity index (χ2n) is 7.15. The fraction of sp³-hybridized carbons (Fsp3) is 0.318. The van der Waals surface area contributed by atoms with Crippen LogP contribution in [0.4, 0.5) is 0 Å². The predicted octanol–water partition coefficient (Wildman–Crippen LogP) is 4.59. The van der Waals surface area contributed by atoms with Gasteiger partial charge >= 0.3 is 0 Å². The molecule has 2 N–H and O–H groups in total. The van der Waals surface area contributed by atoms with Gasteiger partial charge in [0.2, 0.25) is 0 Å². The monoisotopic (exact) mass is 382 g/mol. The molecule has 3 aromatic rings. The zero-order valence-electron chi connectivity index (χ0n) is 15.1. The molecule has 0 bridgehead atoms. The lowest BCUT2D eigenvalue weighted by atomic mass is 9.92. The zero-order chi connectivity index (χ0) is 18.8. The number of hydrogen-bond acceptors (Lipinski definition) is 3. The van der Waals surface area contributed by atoms with Crippen LogP contribution in [0, 0.1) is 0 Å². The number of rotatable bonds is 5. The highest BCUT2D eigenvalue weighted by molar-refractivity contribution is 6.30. The van der Waals surface area contributed by atoms with Crippen molar-refractivity contribution < 1.29 is 9.90 Å². The van der Waals surface area contributed by atoms with E-state index in [1.165, 1.54) is 6.42 Å². The lowest BCUT2D eigenvalue weighted by Crippen LogP contribution is -2.43. The Morgan fingerprint density at radius 1 is 1.04 bits per heavy atom. The Hall–Kier alpha value is -2.14. The van der Waals surface area contributed by atoms with Crippen molar-refractivity contribution in [2.75, 3.05) is 13.1 Å². The number of aliphatic hydroxyl groups excluding tert-OH is 1. The molecule has 0 aliphatic carbocycles. The van der Waals surface area contributed by atoms with E-state index in [2.05, 4.69) is 9.88 Å². The van der Waals surface area contributed by atoms with E-state index in [1.54, 1.807) is 6.20 Å². The average Bonchev–Trinajstić information content (AvgIpc) is 3.14. The molecule has 0 saturated carbocycles. The Morgan fingerprint density at radius 3 is 2.48 bits per heavy atom. The van der Waals surface area contributed by atoms with Crippen molar-refractivity contribution in [3.63, 3.8) is 0 Å². The largest absolute Gasteiger partial charge is 0.383 e. The number of halogens is 1. The molecule has 4 rings (SSSR count). The van der Waals surface area contributed by atoms with Gasteiger partial charge in [0, 0.05) is 27.7 Å². The SMILES string of the molecule is O=C(c1c[nH]c2ccccc12)[C@@H](O)[C@@H](c1ccc(Cl)cc1)N1CCCCC1. The van der Waals surface area contributed by atoms with Gasteiger partial charge in [-0.05, 0) is 49.7 Å². The molecule has 2 atom stereocenters. The number of hydrogen-bond donors (Lipinski definition) is 2. The van der Waals surface area contributed by atoms with E-state index in [4.69, 9.17) is 11.6 Å². The topological polar surface area (TPSA) is 56.3 Å². The first-order chi connectivity index (χ1) is 13.1. The van der Waals surface area contributed by atoms with Crippen molar-refractivity contribution in [1.29, 1.82) is 0 Å². The summed E-state index contributed by atoms with van der Waals surface area (Å²) in [5.41, 5.74) is 2.35. The molecular formula is C22H23ClN2O2. The fourth-order valence-corrected chi connectivity index (χ4v) is 4.15. The van der Waals surface area contributed by atoms with Crippen LogP contribution in [0.5, 0.6) is 0 Å². The summed E-state index contributed by atoms with van der Waals surface area (Å²) in [6.07, 6.45) is 3.92. The molecule has 0 radical (unpaired) electrons. The predicted molar refractivity (Wildman–Crippen MR) is 108 cm³/mol. The molecule has 1 aromatic heterocycles. The molecule has 4 nitrogen and oxygen atoms in total. The lowest BCUT2D eigenvalue weighted by Gasteiger charge is -2.37. The van der Waals surface area contributed by atoms with Crippen LogP contribution in [0.2, 0.25) is 5.02 Å². The van der Waals surface area contributed by atoms with Crippen molar-refractivity contribution in [2.24, 2.45) is 0 Å². The number of ketones is 1. The van der Waals surface area contributed by atoms with Crippen LogP contribution < -0.4 is 0 Å². The second-order valence-corrected chi connectivity index (χ2v) is 7.59. The third-order valence-corrected chi connectivity index (χ3v) is 5.67. The molecule has 140 valence electrons. The summed E-state index contributed by atoms with van der Waals surface area (Å²) in [5, 5.41) is 12.6. The number of benzene rings is 2. The minimum absolute atomic E-state index is 0.252. The molecule has 0 amide bonds. The van der Waals surface area contributed by atoms with Crippen molar-refractivity contribution >= 4 is 28.3 Å². The normalized spacial score (nSPS) is 17.7. The van der Waals surface area contributed by atoms with Gasteiger partial charge in [0.25, 0.3) is 0 Å². The summed E-state index contributed by atoms with van der Waals surface area (Å²) in [6.45, 7) is 1.76. The van der Waals surface area contributed by atoms with E-state index < -0.39 is 6.10 Å².